The molecule has 5 N–H and O–H groups in total. The van der Waals surface area contributed by atoms with Crippen molar-refractivity contribution in [3.05, 3.63) is 4.91 Å². The Balaban J connectivity index is 1.56. The maximum atomic E-state index is 13.8. The Labute approximate surface area is 276 Å². The van der Waals surface area contributed by atoms with Crippen molar-refractivity contribution in [2.45, 2.75) is 155 Å². The third kappa shape index (κ3) is 10.4. The topological polar surface area (TPSA) is 180 Å². The van der Waals surface area contributed by atoms with Gasteiger partial charge in [-0.1, -0.05) is 66.2 Å². The summed E-state index contributed by atoms with van der Waals surface area (Å²) in [5.74, 6) is 0.474. The predicted molar refractivity (Wildman–Crippen MR) is 180 cm³/mol. The Bertz CT molecular complexity index is 1080. The minimum absolute atomic E-state index is 0.0117. The predicted octanol–water partition coefficient (Wildman–Crippen LogP) is 5.06. The SMILES string of the molecule is CC(C)C[C@H](NC(=O)[C@H](CCCN=C(N)NN=O)NC(=O)CCCCCCCCCCC#N)B1O[C@@H]2C[C@@H]3C[C@@H](C3(C)C)[C@]2(C)O1. The first kappa shape index (κ1) is 37.7. The fourth-order valence-electron chi connectivity index (χ4n) is 7.76. The number of guanidine groups is 1. The Morgan fingerprint density at radius 3 is 2.33 bits per heavy atom. The number of nitrogens with two attached hydrogens (primary N) is 1. The van der Waals surface area contributed by atoms with Gasteiger partial charge in [-0.05, 0) is 75.0 Å². The zero-order chi connectivity index (χ0) is 33.7. The number of nitrogens with zero attached hydrogens (tertiary/aromatic N) is 3. The van der Waals surface area contributed by atoms with Crippen LogP contribution >= 0.6 is 0 Å². The summed E-state index contributed by atoms with van der Waals surface area (Å²) in [5.41, 5.74) is 7.50. The molecule has 1 aliphatic heterocycles. The van der Waals surface area contributed by atoms with Crippen LogP contribution in [0.15, 0.2) is 10.3 Å². The minimum atomic E-state index is -0.754. The number of carbonyl (C=O) groups is 2. The molecule has 2 bridgehead atoms. The van der Waals surface area contributed by atoms with E-state index in [1.165, 1.54) is 0 Å². The number of carbonyl (C=O) groups excluding carboxylic acids is 2. The van der Waals surface area contributed by atoms with Crippen molar-refractivity contribution in [1.82, 2.24) is 16.1 Å². The Morgan fingerprint density at radius 1 is 1.02 bits per heavy atom. The van der Waals surface area contributed by atoms with Crippen LogP contribution in [0.4, 0.5) is 0 Å². The normalized spacial score (nSPS) is 26.0. The molecule has 0 spiro atoms. The zero-order valence-corrected chi connectivity index (χ0v) is 28.8. The molecule has 4 fully saturated rings. The number of unbranched alkanes of at least 4 members (excludes halogenated alkanes) is 8. The maximum absolute atomic E-state index is 13.8. The van der Waals surface area contributed by atoms with Gasteiger partial charge >= 0.3 is 7.12 Å². The summed E-state index contributed by atoms with van der Waals surface area (Å²) in [5, 5.41) is 17.3. The van der Waals surface area contributed by atoms with Crippen molar-refractivity contribution in [3.8, 4) is 6.07 Å². The zero-order valence-electron chi connectivity index (χ0n) is 28.8. The molecule has 0 aromatic carbocycles. The molecule has 12 nitrogen and oxygen atoms in total. The van der Waals surface area contributed by atoms with E-state index < -0.39 is 13.2 Å². The lowest BCUT2D eigenvalue weighted by Gasteiger charge is -2.64. The lowest BCUT2D eigenvalue weighted by atomic mass is 9.43. The summed E-state index contributed by atoms with van der Waals surface area (Å²) in [6.07, 6.45) is 12.9. The van der Waals surface area contributed by atoms with E-state index in [1.807, 2.05) is 0 Å². The second-order valence-electron chi connectivity index (χ2n) is 14.8. The first-order valence-corrected chi connectivity index (χ1v) is 17.6. The smallest absolute Gasteiger partial charge is 0.404 e. The highest BCUT2D eigenvalue weighted by Gasteiger charge is 2.68. The van der Waals surface area contributed by atoms with Gasteiger partial charge in [-0.15, -0.1) is 4.91 Å². The molecule has 3 aliphatic carbocycles. The monoisotopic (exact) mass is 643 g/mol. The summed E-state index contributed by atoms with van der Waals surface area (Å²) < 4.78 is 13.3. The van der Waals surface area contributed by atoms with Gasteiger partial charge in [0.25, 0.3) is 0 Å². The van der Waals surface area contributed by atoms with Crippen LogP contribution in [-0.2, 0) is 18.9 Å². The molecular formula is C33H58BN7O5. The van der Waals surface area contributed by atoms with Gasteiger partial charge in [-0.3, -0.25) is 14.6 Å². The van der Waals surface area contributed by atoms with Gasteiger partial charge in [0.1, 0.15) is 6.04 Å². The number of rotatable bonds is 21. The second kappa shape index (κ2) is 18.0. The molecule has 0 radical (unpaired) electrons. The highest BCUT2D eigenvalue weighted by Crippen LogP contribution is 2.65. The van der Waals surface area contributed by atoms with Gasteiger partial charge in [0.05, 0.1) is 29.0 Å². The molecule has 2 amide bonds. The van der Waals surface area contributed by atoms with Crippen LogP contribution in [-0.4, -0.2) is 55.1 Å². The fourth-order valence-corrected chi connectivity index (χ4v) is 7.76. The molecule has 0 unspecified atom stereocenters. The summed E-state index contributed by atoms with van der Waals surface area (Å²) >= 11 is 0. The van der Waals surface area contributed by atoms with Crippen molar-refractivity contribution in [3.63, 3.8) is 0 Å². The summed E-state index contributed by atoms with van der Waals surface area (Å²) in [7, 11) is -0.550. The average Bonchev–Trinajstić information content (AvgIpc) is 3.36. The van der Waals surface area contributed by atoms with Crippen LogP contribution in [0.3, 0.4) is 0 Å². The van der Waals surface area contributed by atoms with E-state index in [-0.39, 0.29) is 47.4 Å². The van der Waals surface area contributed by atoms with Gasteiger partial charge in [0.2, 0.25) is 17.8 Å². The standard InChI is InChI=1S/C33H58BN7O5/c1-23(2)20-28(34-45-27-22-24-21-26(32(24,3)4)33(27,5)46-34)39-30(43)25(16-15-19-37-31(36)40-41-44)38-29(42)17-13-11-9-7-6-8-10-12-14-18-35/h23-28H,6-17,19-22H2,1-5H3,(H,38,42)(H,39,43)(H3,36,37,40,44)/t24-,25-,26-,27+,28-,33-/m0/s1. The van der Waals surface area contributed by atoms with Crippen LogP contribution < -0.4 is 21.8 Å². The number of nitrogens with one attached hydrogen (secondary N) is 3. The van der Waals surface area contributed by atoms with E-state index in [9.17, 15) is 14.5 Å². The molecule has 46 heavy (non-hydrogen) atoms. The van der Waals surface area contributed by atoms with E-state index in [1.54, 1.807) is 0 Å². The molecule has 1 heterocycles. The van der Waals surface area contributed by atoms with Crippen molar-refractivity contribution < 1.29 is 18.9 Å². The van der Waals surface area contributed by atoms with Crippen LogP contribution in [0.5, 0.6) is 0 Å². The van der Waals surface area contributed by atoms with E-state index in [0.717, 1.165) is 64.2 Å². The first-order valence-electron chi connectivity index (χ1n) is 17.6. The highest BCUT2D eigenvalue weighted by molar-refractivity contribution is 6.48. The quantitative estimate of drug-likeness (QED) is 0.0334. The van der Waals surface area contributed by atoms with Gasteiger partial charge < -0.3 is 25.7 Å². The van der Waals surface area contributed by atoms with Crippen LogP contribution in [0.2, 0.25) is 0 Å². The second-order valence-corrected chi connectivity index (χ2v) is 14.8. The third-order valence-electron chi connectivity index (χ3n) is 10.5. The fraction of sp³-hybridized carbons (Fsp3) is 0.879. The van der Waals surface area contributed by atoms with E-state index >= 15 is 0 Å². The number of hydrogen-bond acceptors (Lipinski definition) is 8. The van der Waals surface area contributed by atoms with Crippen molar-refractivity contribution in [2.75, 3.05) is 6.54 Å². The van der Waals surface area contributed by atoms with Gasteiger partial charge in [0, 0.05) is 19.4 Å². The molecule has 0 aromatic heterocycles. The average molecular weight is 644 g/mol. The molecule has 0 aromatic rings. The van der Waals surface area contributed by atoms with Gasteiger partial charge in [-0.2, -0.15) is 5.26 Å². The first-order chi connectivity index (χ1) is 21.9. The van der Waals surface area contributed by atoms with Gasteiger partial charge in [-0.25, -0.2) is 5.43 Å². The number of nitroso groups, excluding NO2 is 1. The number of aliphatic imine (C=N–C) groups is 1. The van der Waals surface area contributed by atoms with Crippen LogP contribution in [0.25, 0.3) is 0 Å². The third-order valence-corrected chi connectivity index (χ3v) is 10.5. The van der Waals surface area contributed by atoms with E-state index in [0.29, 0.717) is 49.9 Å². The molecular weight excluding hydrogens is 585 g/mol. The number of amides is 2. The highest BCUT2D eigenvalue weighted by atomic mass is 16.7. The molecule has 1 saturated heterocycles. The molecule has 258 valence electrons. The van der Waals surface area contributed by atoms with Crippen LogP contribution in [0.1, 0.15) is 131 Å². The summed E-state index contributed by atoms with van der Waals surface area (Å²) in [6, 6.07) is 1.43. The van der Waals surface area contributed by atoms with Gasteiger partial charge in [0.15, 0.2) is 0 Å². The van der Waals surface area contributed by atoms with Crippen molar-refractivity contribution >= 4 is 24.9 Å². The van der Waals surface area contributed by atoms with Crippen molar-refractivity contribution in [1.29, 1.82) is 5.26 Å². The largest absolute Gasteiger partial charge is 0.481 e. The van der Waals surface area contributed by atoms with Crippen LogP contribution in [0, 0.1) is 39.4 Å². The number of nitriles is 1. The summed E-state index contributed by atoms with van der Waals surface area (Å²) in [4.78, 5) is 41.2. The van der Waals surface area contributed by atoms with E-state index in [2.05, 4.69) is 67.0 Å². The Kier molecular flexibility index (Phi) is 14.8. The molecule has 6 atom stereocenters. The van der Waals surface area contributed by atoms with E-state index in [4.69, 9.17) is 20.3 Å². The molecule has 4 rings (SSSR count). The Hall–Kier alpha value is -2.72. The number of hydrogen-bond donors (Lipinski definition) is 4. The molecule has 4 aliphatic rings. The maximum Gasteiger partial charge on any atom is 0.481 e. The lowest BCUT2D eigenvalue weighted by molar-refractivity contribution is -0.199. The Morgan fingerprint density at radius 2 is 1.70 bits per heavy atom. The lowest BCUT2D eigenvalue weighted by Crippen LogP contribution is -2.65. The minimum Gasteiger partial charge on any atom is -0.404 e. The molecule has 3 saturated carbocycles. The molecule has 13 heteroatoms. The summed E-state index contributed by atoms with van der Waals surface area (Å²) in [6.45, 7) is 11.3. The van der Waals surface area contributed by atoms with Crippen molar-refractivity contribution in [2.24, 2.45) is 39.2 Å².